The molecule has 11 rings (SSSR count). The zero-order valence-corrected chi connectivity index (χ0v) is 33.7. The van der Waals surface area contributed by atoms with Crippen molar-refractivity contribution in [2.75, 3.05) is 0 Å². The van der Waals surface area contributed by atoms with E-state index in [1.807, 2.05) is 0 Å². The van der Waals surface area contributed by atoms with Crippen LogP contribution < -0.4 is 0 Å². The molecule has 0 N–H and O–H groups in total. The number of hydrogen-bond acceptors (Lipinski definition) is 0. The summed E-state index contributed by atoms with van der Waals surface area (Å²) in [4.78, 5) is 0. The summed E-state index contributed by atoms with van der Waals surface area (Å²) >= 11 is 0. The fraction of sp³-hybridized carbons (Fsp3) is 0.0164. The first-order chi connectivity index (χ1) is 30.2. The van der Waals surface area contributed by atoms with E-state index in [-0.39, 0.29) is 0 Å². The molecule has 0 nitrogen and oxygen atoms in total. The summed E-state index contributed by atoms with van der Waals surface area (Å²) in [5.74, 6) is 0. The van der Waals surface area contributed by atoms with Crippen molar-refractivity contribution in [1.29, 1.82) is 0 Å². The van der Waals surface area contributed by atoms with Gasteiger partial charge in [-0.15, -0.1) is 0 Å². The molecule has 10 aromatic rings. The summed E-state index contributed by atoms with van der Waals surface area (Å²) in [5, 5.41) is 0. The molecule has 0 spiro atoms. The summed E-state index contributed by atoms with van der Waals surface area (Å²) in [5.41, 5.74) is 21.4. The molecule has 0 unspecified atom stereocenters. The number of rotatable bonds is 8. The molecule has 1 aliphatic rings. The Kier molecular flexibility index (Phi) is 9.17. The van der Waals surface area contributed by atoms with E-state index >= 15 is 0 Å². The van der Waals surface area contributed by atoms with Crippen LogP contribution in [0.3, 0.4) is 0 Å². The molecule has 0 atom stereocenters. The van der Waals surface area contributed by atoms with Gasteiger partial charge in [-0.2, -0.15) is 0 Å². The van der Waals surface area contributed by atoms with Crippen LogP contribution in [0.15, 0.2) is 255 Å². The average molecular weight is 775 g/mol. The number of fused-ring (bicyclic) bond motifs is 3. The van der Waals surface area contributed by atoms with E-state index in [1.165, 1.54) is 100 Å². The van der Waals surface area contributed by atoms with Gasteiger partial charge in [0, 0.05) is 0 Å². The molecule has 0 saturated carbocycles. The Morgan fingerprint density at radius 1 is 0.197 bits per heavy atom. The predicted molar refractivity (Wildman–Crippen MR) is 256 cm³/mol. The Balaban J connectivity index is 1.20. The third kappa shape index (κ3) is 6.41. The van der Waals surface area contributed by atoms with E-state index < -0.39 is 5.41 Å². The van der Waals surface area contributed by atoms with Gasteiger partial charge in [-0.05, 0) is 130 Å². The lowest BCUT2D eigenvalue weighted by molar-refractivity contribution is 0.769. The van der Waals surface area contributed by atoms with Crippen LogP contribution in [-0.4, -0.2) is 0 Å². The minimum atomic E-state index is -0.652. The van der Waals surface area contributed by atoms with Gasteiger partial charge < -0.3 is 0 Å². The van der Waals surface area contributed by atoms with Crippen LogP contribution in [0.1, 0.15) is 22.3 Å². The highest BCUT2D eigenvalue weighted by Crippen LogP contribution is 2.59. The summed E-state index contributed by atoms with van der Waals surface area (Å²) in [6, 6.07) is 93.8. The van der Waals surface area contributed by atoms with Crippen LogP contribution in [0.2, 0.25) is 0 Å². The first kappa shape index (κ1) is 36.3. The van der Waals surface area contributed by atoms with Crippen LogP contribution in [-0.2, 0) is 5.41 Å². The molecular weight excluding hydrogens is 733 g/mol. The Bertz CT molecular complexity index is 3030. The maximum Gasteiger partial charge on any atom is 0.0714 e. The Hall–Kier alpha value is -7.80. The van der Waals surface area contributed by atoms with Crippen LogP contribution in [0, 0.1) is 0 Å². The first-order valence-corrected chi connectivity index (χ1v) is 21.2. The number of hydrogen-bond donors (Lipinski definition) is 0. The zero-order valence-electron chi connectivity index (χ0n) is 33.7. The molecule has 0 heterocycles. The summed E-state index contributed by atoms with van der Waals surface area (Å²) in [6.07, 6.45) is 0. The van der Waals surface area contributed by atoms with Crippen molar-refractivity contribution in [1.82, 2.24) is 0 Å². The van der Waals surface area contributed by atoms with Crippen LogP contribution >= 0.6 is 0 Å². The highest BCUT2D eigenvalue weighted by Gasteiger charge is 2.47. The average Bonchev–Trinajstić information content (AvgIpc) is 3.66. The van der Waals surface area contributed by atoms with Crippen molar-refractivity contribution < 1.29 is 0 Å². The second-order valence-electron chi connectivity index (χ2n) is 16.0. The largest absolute Gasteiger partial charge is 0.0714 e. The molecule has 61 heavy (non-hydrogen) atoms. The van der Waals surface area contributed by atoms with Crippen molar-refractivity contribution in [3.8, 4) is 77.9 Å². The molecule has 10 aromatic carbocycles. The van der Waals surface area contributed by atoms with Crippen molar-refractivity contribution in [2.24, 2.45) is 0 Å². The van der Waals surface area contributed by atoms with Gasteiger partial charge in [0.15, 0.2) is 0 Å². The molecule has 1 aliphatic carbocycles. The first-order valence-electron chi connectivity index (χ1n) is 21.2. The van der Waals surface area contributed by atoms with E-state index in [2.05, 4.69) is 255 Å². The predicted octanol–water partition coefficient (Wildman–Crippen LogP) is 16.1. The van der Waals surface area contributed by atoms with Gasteiger partial charge in [0.05, 0.1) is 5.41 Å². The SMILES string of the molecule is c1ccc(-c2cccc(-c3cccc(C4(c5cccc(-c6cccc(-c7ccccc7)c6)c5)c5cc(-c6ccccc6)ccc5-c5c(-c6ccccc6)cccc54)c3)c2)cc1. The van der Waals surface area contributed by atoms with Crippen LogP contribution in [0.25, 0.3) is 77.9 Å². The van der Waals surface area contributed by atoms with Gasteiger partial charge in [-0.25, -0.2) is 0 Å². The number of benzene rings is 10. The molecule has 0 fully saturated rings. The normalized spacial score (nSPS) is 12.4. The maximum atomic E-state index is 2.48. The molecular formula is C61H42. The van der Waals surface area contributed by atoms with E-state index in [4.69, 9.17) is 0 Å². The Morgan fingerprint density at radius 2 is 0.557 bits per heavy atom. The highest BCUT2D eigenvalue weighted by molar-refractivity contribution is 5.97. The Morgan fingerprint density at radius 3 is 1.03 bits per heavy atom. The van der Waals surface area contributed by atoms with Gasteiger partial charge in [0.1, 0.15) is 0 Å². The second-order valence-corrected chi connectivity index (χ2v) is 16.0. The fourth-order valence-corrected chi connectivity index (χ4v) is 9.71. The van der Waals surface area contributed by atoms with Gasteiger partial charge in [0.25, 0.3) is 0 Å². The molecule has 0 amide bonds. The van der Waals surface area contributed by atoms with E-state index in [0.29, 0.717) is 0 Å². The minimum absolute atomic E-state index is 0.652. The van der Waals surface area contributed by atoms with Crippen molar-refractivity contribution in [3.05, 3.63) is 277 Å². The smallest absolute Gasteiger partial charge is 0.0622 e. The van der Waals surface area contributed by atoms with E-state index in [1.54, 1.807) is 0 Å². The van der Waals surface area contributed by atoms with Crippen molar-refractivity contribution in [3.63, 3.8) is 0 Å². The van der Waals surface area contributed by atoms with Gasteiger partial charge in [-0.1, -0.05) is 224 Å². The minimum Gasteiger partial charge on any atom is -0.0622 e. The lowest BCUT2D eigenvalue weighted by atomic mass is 9.66. The van der Waals surface area contributed by atoms with Gasteiger partial charge in [0.2, 0.25) is 0 Å². The van der Waals surface area contributed by atoms with Crippen molar-refractivity contribution >= 4 is 0 Å². The molecule has 286 valence electrons. The molecule has 0 bridgehead atoms. The second kappa shape index (κ2) is 15.4. The summed E-state index contributed by atoms with van der Waals surface area (Å²) < 4.78 is 0. The molecule has 0 heteroatoms. The standard InChI is InChI=1S/C61H42/c1-5-18-43(19-6-1)47-26-13-28-49(38-47)51-30-15-32-54(40-51)61(55-33-16-31-52(41-55)50-29-14-27-48(39-50)44-20-7-2-8-21-44)58-35-17-34-56(46-24-11-4-12-25-46)60(58)57-37-36-53(42-59(57)61)45-22-9-3-10-23-45/h1-42H. The topological polar surface area (TPSA) is 0 Å². The van der Waals surface area contributed by atoms with Gasteiger partial charge in [-0.3, -0.25) is 0 Å². The highest BCUT2D eigenvalue weighted by atomic mass is 14.5. The molecule has 0 radical (unpaired) electrons. The summed E-state index contributed by atoms with van der Waals surface area (Å²) in [7, 11) is 0. The van der Waals surface area contributed by atoms with Crippen LogP contribution in [0.5, 0.6) is 0 Å². The van der Waals surface area contributed by atoms with Gasteiger partial charge >= 0.3 is 0 Å². The fourth-order valence-electron chi connectivity index (χ4n) is 9.71. The van der Waals surface area contributed by atoms with E-state index in [9.17, 15) is 0 Å². The monoisotopic (exact) mass is 774 g/mol. The van der Waals surface area contributed by atoms with Crippen LogP contribution in [0.4, 0.5) is 0 Å². The lowest BCUT2D eigenvalue weighted by Gasteiger charge is -2.35. The van der Waals surface area contributed by atoms with Crippen molar-refractivity contribution in [2.45, 2.75) is 5.41 Å². The maximum absolute atomic E-state index is 2.48. The third-order valence-electron chi connectivity index (χ3n) is 12.6. The zero-order chi connectivity index (χ0) is 40.6. The molecule has 0 aromatic heterocycles. The van der Waals surface area contributed by atoms with E-state index in [0.717, 1.165) is 0 Å². The lowest BCUT2D eigenvalue weighted by Crippen LogP contribution is -2.28. The Labute approximate surface area is 358 Å². The quantitative estimate of drug-likeness (QED) is 0.144. The third-order valence-corrected chi connectivity index (χ3v) is 12.6. The molecule has 0 aliphatic heterocycles. The molecule has 0 saturated heterocycles. The summed E-state index contributed by atoms with van der Waals surface area (Å²) in [6.45, 7) is 0.